The molecule has 7 aromatic rings. The second-order valence-electron chi connectivity index (χ2n) is 13.7. The van der Waals surface area contributed by atoms with Crippen LogP contribution < -0.4 is 0 Å². The molecule has 3 aromatic heterocycles. The number of hydrogen-bond donors (Lipinski definition) is 0. The van der Waals surface area contributed by atoms with Crippen LogP contribution in [0, 0.1) is 11.3 Å². The van der Waals surface area contributed by atoms with Crippen LogP contribution in [0.2, 0.25) is 0 Å². The van der Waals surface area contributed by atoms with Gasteiger partial charge in [-0.05, 0) is 90.9 Å². The molecule has 0 fully saturated rings. The number of allylic oxidation sites excluding steroid dienone is 9. The van der Waals surface area contributed by atoms with Gasteiger partial charge in [0, 0.05) is 33.7 Å². The van der Waals surface area contributed by atoms with Crippen molar-refractivity contribution in [3.8, 4) is 34.4 Å². The molecule has 0 bridgehead atoms. The van der Waals surface area contributed by atoms with Gasteiger partial charge in [0.05, 0.1) is 51.1 Å². The molecule has 0 radical (unpaired) electrons. The third-order valence-electron chi connectivity index (χ3n) is 10.6. The first kappa shape index (κ1) is 30.8. The van der Waals surface area contributed by atoms with E-state index in [0.717, 1.165) is 70.7 Å². The molecule has 250 valence electrons. The maximum Gasteiger partial charge on any atom is 0.168 e. The van der Waals surface area contributed by atoms with Crippen molar-refractivity contribution in [2.24, 2.45) is 0 Å². The first-order valence-corrected chi connectivity index (χ1v) is 18.2. The van der Waals surface area contributed by atoms with Crippen LogP contribution in [-0.4, -0.2) is 19.1 Å². The van der Waals surface area contributed by atoms with E-state index in [9.17, 15) is 5.26 Å². The van der Waals surface area contributed by atoms with Crippen molar-refractivity contribution in [2.45, 2.75) is 25.7 Å². The third kappa shape index (κ3) is 5.16. The van der Waals surface area contributed by atoms with Gasteiger partial charge in [0.2, 0.25) is 0 Å². The van der Waals surface area contributed by atoms with Gasteiger partial charge in [0.15, 0.2) is 5.82 Å². The first-order valence-electron chi connectivity index (χ1n) is 18.2. The average Bonchev–Trinajstić information content (AvgIpc) is 3.63. The highest BCUT2D eigenvalue weighted by Crippen LogP contribution is 2.47. The number of hydrogen-bond acceptors (Lipinski definition) is 3. The normalized spacial score (nSPS) is 14.8. The lowest BCUT2D eigenvalue weighted by molar-refractivity contribution is 0.925. The molecule has 0 aliphatic heterocycles. The standard InChI is InChI=1S/C48H33N5/c49-31-32-13-11-17-35(29-32)43-30-42(33-14-3-1-4-15-33)50-48(51-43)34-16-12-20-37(26-25-34)53-45-24-10-8-22-39(45)41-28-27-40-38-21-7-9-23-44(38)52(46(40)47(41)53)36-18-5-2-6-19-36/h1-10,12,14-24,26,29-30H,11,13,27-28H2. The number of rotatable bonds is 5. The predicted molar refractivity (Wildman–Crippen MR) is 215 cm³/mol. The number of aromatic nitrogens is 4. The van der Waals surface area contributed by atoms with Crippen molar-refractivity contribution in [1.82, 2.24) is 19.1 Å². The van der Waals surface area contributed by atoms with Crippen molar-refractivity contribution in [3.05, 3.63) is 186 Å². The summed E-state index contributed by atoms with van der Waals surface area (Å²) in [6.07, 6.45) is 16.0. The monoisotopic (exact) mass is 679 g/mol. The molecule has 0 amide bonds. The summed E-state index contributed by atoms with van der Waals surface area (Å²) in [7, 11) is 0. The molecule has 4 aromatic carbocycles. The first-order chi connectivity index (χ1) is 26.2. The highest BCUT2D eigenvalue weighted by atomic mass is 15.1. The molecule has 10 rings (SSSR count). The Bertz CT molecular complexity index is 2860. The lowest BCUT2D eigenvalue weighted by atomic mass is 9.92. The molecule has 3 aliphatic carbocycles. The molecule has 3 aliphatic rings. The number of para-hydroxylation sites is 3. The Morgan fingerprint density at radius 3 is 2.06 bits per heavy atom. The van der Waals surface area contributed by atoms with Crippen molar-refractivity contribution in [3.63, 3.8) is 0 Å². The van der Waals surface area contributed by atoms with E-state index in [1.165, 1.54) is 44.3 Å². The Balaban J connectivity index is 1.17. The Kier molecular flexibility index (Phi) is 7.35. The zero-order valence-electron chi connectivity index (χ0n) is 29.0. The lowest BCUT2D eigenvalue weighted by Gasteiger charge is -2.21. The summed E-state index contributed by atoms with van der Waals surface area (Å²) in [5.74, 6) is 0.591. The Morgan fingerprint density at radius 1 is 0.679 bits per heavy atom. The maximum absolute atomic E-state index is 9.67. The van der Waals surface area contributed by atoms with E-state index in [1.807, 2.05) is 36.4 Å². The van der Waals surface area contributed by atoms with E-state index < -0.39 is 0 Å². The van der Waals surface area contributed by atoms with Gasteiger partial charge in [-0.2, -0.15) is 5.26 Å². The van der Waals surface area contributed by atoms with Crippen molar-refractivity contribution < 1.29 is 0 Å². The summed E-state index contributed by atoms with van der Waals surface area (Å²) in [4.78, 5) is 10.2. The average molecular weight is 680 g/mol. The van der Waals surface area contributed by atoms with Gasteiger partial charge in [0.25, 0.3) is 0 Å². The van der Waals surface area contributed by atoms with Crippen LogP contribution in [0.15, 0.2) is 163 Å². The third-order valence-corrected chi connectivity index (χ3v) is 10.6. The summed E-state index contributed by atoms with van der Waals surface area (Å²) in [5, 5.41) is 12.3. The minimum atomic E-state index is 0.591. The van der Waals surface area contributed by atoms with E-state index in [1.54, 1.807) is 0 Å². The van der Waals surface area contributed by atoms with Gasteiger partial charge >= 0.3 is 0 Å². The van der Waals surface area contributed by atoms with Crippen LogP contribution >= 0.6 is 0 Å². The number of nitrogens with zero attached hydrogens (tertiary/aromatic N) is 5. The summed E-state index contributed by atoms with van der Waals surface area (Å²) in [6.45, 7) is 0. The Labute approximate surface area is 307 Å². The maximum atomic E-state index is 9.67. The zero-order chi connectivity index (χ0) is 35.3. The number of aryl methyl sites for hydroxylation is 2. The highest BCUT2D eigenvalue weighted by Gasteiger charge is 2.31. The Hall–Kier alpha value is -6.99. The summed E-state index contributed by atoms with van der Waals surface area (Å²) in [5.41, 5.74) is 18.6. The second-order valence-corrected chi connectivity index (χ2v) is 13.7. The van der Waals surface area contributed by atoms with Gasteiger partial charge in [-0.1, -0.05) is 97.1 Å². The van der Waals surface area contributed by atoms with Crippen molar-refractivity contribution >= 4 is 38.6 Å². The van der Waals surface area contributed by atoms with Crippen LogP contribution in [0.5, 0.6) is 0 Å². The molecule has 0 saturated carbocycles. The lowest BCUT2D eigenvalue weighted by Crippen LogP contribution is -2.09. The largest absolute Gasteiger partial charge is 0.307 e. The summed E-state index contributed by atoms with van der Waals surface area (Å²) >= 11 is 0. The van der Waals surface area contributed by atoms with Gasteiger partial charge in [-0.15, -0.1) is 5.73 Å². The van der Waals surface area contributed by atoms with Gasteiger partial charge in [-0.25, -0.2) is 9.97 Å². The molecule has 0 spiro atoms. The minimum absolute atomic E-state index is 0.591. The quantitative estimate of drug-likeness (QED) is 0.170. The molecular formula is C48H33N5. The second kappa shape index (κ2) is 12.7. The number of benzene rings is 4. The van der Waals surface area contributed by atoms with E-state index in [0.29, 0.717) is 5.82 Å². The number of fused-ring (bicyclic) bond motifs is 7. The predicted octanol–water partition coefficient (Wildman–Crippen LogP) is 11.1. The summed E-state index contributed by atoms with van der Waals surface area (Å²) < 4.78 is 4.88. The SMILES string of the molecule is N#CC1=CC(c2cc(-c3ccccc3)nc(C3=C=CC(n4c5c(c6ccccc64)CCc4c-5n(-c5ccccc5)c5ccccc45)=CC=C3)n2)=CCC1. The van der Waals surface area contributed by atoms with Gasteiger partial charge in [0.1, 0.15) is 0 Å². The van der Waals surface area contributed by atoms with E-state index >= 15 is 0 Å². The van der Waals surface area contributed by atoms with Crippen molar-refractivity contribution in [1.29, 1.82) is 5.26 Å². The van der Waals surface area contributed by atoms with Crippen LogP contribution in [0.1, 0.15) is 35.5 Å². The van der Waals surface area contributed by atoms with Crippen LogP contribution in [0.3, 0.4) is 0 Å². The molecule has 5 heteroatoms. The fraction of sp³-hybridized carbons (Fsp3) is 0.0833. The fourth-order valence-electron chi connectivity index (χ4n) is 8.19. The summed E-state index contributed by atoms with van der Waals surface area (Å²) in [6, 6.07) is 42.9. The molecule has 5 nitrogen and oxygen atoms in total. The van der Waals surface area contributed by atoms with Crippen LogP contribution in [-0.2, 0) is 12.8 Å². The molecule has 0 unspecified atom stereocenters. The smallest absolute Gasteiger partial charge is 0.168 e. The molecule has 0 saturated heterocycles. The molecule has 3 heterocycles. The fourth-order valence-corrected chi connectivity index (χ4v) is 8.19. The molecule has 53 heavy (non-hydrogen) atoms. The van der Waals surface area contributed by atoms with E-state index in [2.05, 4.69) is 136 Å². The molecular weight excluding hydrogens is 647 g/mol. The minimum Gasteiger partial charge on any atom is -0.307 e. The van der Waals surface area contributed by atoms with E-state index in [-0.39, 0.29) is 0 Å². The van der Waals surface area contributed by atoms with Crippen LogP contribution in [0.4, 0.5) is 0 Å². The van der Waals surface area contributed by atoms with Gasteiger partial charge in [-0.3, -0.25) is 0 Å². The van der Waals surface area contributed by atoms with E-state index in [4.69, 9.17) is 9.97 Å². The van der Waals surface area contributed by atoms with Gasteiger partial charge < -0.3 is 9.13 Å². The Morgan fingerprint density at radius 2 is 1.32 bits per heavy atom. The zero-order valence-corrected chi connectivity index (χ0v) is 29.0. The highest BCUT2D eigenvalue weighted by molar-refractivity contribution is 6.02. The van der Waals surface area contributed by atoms with Crippen LogP contribution in [0.25, 0.3) is 67.0 Å². The number of nitriles is 1. The molecule has 0 N–H and O–H groups in total. The topological polar surface area (TPSA) is 59.4 Å². The molecule has 0 atom stereocenters. The van der Waals surface area contributed by atoms with Crippen molar-refractivity contribution in [2.75, 3.05) is 0 Å².